The normalized spacial score (nSPS) is 11.8. The lowest BCUT2D eigenvalue weighted by atomic mass is 10.1. The second-order valence-electron chi connectivity index (χ2n) is 6.21. The molecule has 152 valence electrons. The minimum absolute atomic E-state index is 0.336. The van der Waals surface area contributed by atoms with Crippen LogP contribution < -0.4 is 15.4 Å². The summed E-state index contributed by atoms with van der Waals surface area (Å²) < 4.78 is 19.3. The van der Waals surface area contributed by atoms with Crippen LogP contribution >= 0.6 is 11.6 Å². The lowest BCUT2D eigenvalue weighted by molar-refractivity contribution is 0.190. The van der Waals surface area contributed by atoms with Crippen LogP contribution in [0.25, 0.3) is 11.0 Å². The fourth-order valence-corrected chi connectivity index (χ4v) is 2.91. The van der Waals surface area contributed by atoms with E-state index in [1.807, 2.05) is 0 Å². The van der Waals surface area contributed by atoms with Gasteiger partial charge < -0.3 is 20.5 Å². The van der Waals surface area contributed by atoms with Crippen molar-refractivity contribution in [3.8, 4) is 5.75 Å². The molecule has 0 radical (unpaired) electrons. The molecule has 0 fully saturated rings. The van der Waals surface area contributed by atoms with Crippen molar-refractivity contribution in [2.75, 3.05) is 18.5 Å². The molecular formula is C19H19ClFN5O3. The quantitative estimate of drug-likeness (QED) is 0.373. The van der Waals surface area contributed by atoms with Gasteiger partial charge in [-0.3, -0.25) is 0 Å². The number of hydrogen-bond acceptors (Lipinski definition) is 6. The van der Waals surface area contributed by atoms with Gasteiger partial charge in [0.2, 0.25) is 0 Å². The van der Waals surface area contributed by atoms with Gasteiger partial charge in [0.05, 0.1) is 18.2 Å². The average Bonchev–Trinajstić information content (AvgIpc) is 2.68. The summed E-state index contributed by atoms with van der Waals surface area (Å²) in [5.74, 6) is 0.530. The van der Waals surface area contributed by atoms with Gasteiger partial charge in [0, 0.05) is 12.1 Å². The number of halogens is 2. The van der Waals surface area contributed by atoms with Crippen molar-refractivity contribution in [2.24, 2.45) is 0 Å². The zero-order chi connectivity index (χ0) is 20.8. The van der Waals surface area contributed by atoms with Crippen molar-refractivity contribution >= 4 is 34.5 Å². The third-order valence-electron chi connectivity index (χ3n) is 4.10. The first kappa shape index (κ1) is 20.5. The fourth-order valence-electron chi connectivity index (χ4n) is 2.76. The van der Waals surface area contributed by atoms with Crippen LogP contribution in [0.15, 0.2) is 36.7 Å². The lowest BCUT2D eigenvalue weighted by Gasteiger charge is -2.17. The third-order valence-corrected chi connectivity index (χ3v) is 4.31. The Morgan fingerprint density at radius 1 is 1.31 bits per heavy atom. The molecule has 0 saturated carbocycles. The van der Waals surface area contributed by atoms with Crippen molar-refractivity contribution in [3.63, 3.8) is 0 Å². The molecule has 0 saturated heterocycles. The summed E-state index contributed by atoms with van der Waals surface area (Å²) in [5.41, 5.74) is 1.69. The number of pyridine rings is 1. The summed E-state index contributed by atoms with van der Waals surface area (Å²) in [6.45, 7) is 2.50. The first-order valence-electron chi connectivity index (χ1n) is 8.87. The van der Waals surface area contributed by atoms with E-state index in [0.717, 1.165) is 0 Å². The molecule has 3 aromatic rings. The highest BCUT2D eigenvalue weighted by Gasteiger charge is 2.15. The summed E-state index contributed by atoms with van der Waals surface area (Å²) in [4.78, 5) is 23.4. The summed E-state index contributed by atoms with van der Waals surface area (Å²) in [6.07, 6.45) is 0.866. The van der Waals surface area contributed by atoms with E-state index < -0.39 is 18.0 Å². The predicted octanol–water partition coefficient (Wildman–Crippen LogP) is 4.03. The van der Waals surface area contributed by atoms with Gasteiger partial charge in [-0.2, -0.15) is 0 Å². The third kappa shape index (κ3) is 5.41. The minimum atomic E-state index is -1.19. The number of carbonyl (C=O) groups is 1. The molecule has 29 heavy (non-hydrogen) atoms. The molecule has 0 aliphatic rings. The van der Waals surface area contributed by atoms with Crippen LogP contribution in [-0.2, 0) is 0 Å². The number of ether oxygens (including phenoxy) is 1. The van der Waals surface area contributed by atoms with Crippen molar-refractivity contribution in [3.05, 3.63) is 53.2 Å². The zero-order valence-corrected chi connectivity index (χ0v) is 16.3. The second kappa shape index (κ2) is 9.33. The van der Waals surface area contributed by atoms with Crippen LogP contribution in [0.1, 0.15) is 24.9 Å². The van der Waals surface area contributed by atoms with E-state index >= 15 is 0 Å². The molecule has 0 aliphatic heterocycles. The van der Waals surface area contributed by atoms with Gasteiger partial charge in [-0.15, -0.1) is 0 Å². The lowest BCUT2D eigenvalue weighted by Crippen LogP contribution is -2.25. The Kier molecular flexibility index (Phi) is 6.61. The zero-order valence-electron chi connectivity index (χ0n) is 15.5. The molecule has 3 rings (SSSR count). The Morgan fingerprint density at radius 3 is 2.93 bits per heavy atom. The summed E-state index contributed by atoms with van der Waals surface area (Å²) >= 11 is 5.94. The van der Waals surface area contributed by atoms with Gasteiger partial charge in [-0.1, -0.05) is 11.6 Å². The van der Waals surface area contributed by atoms with E-state index in [1.54, 1.807) is 19.1 Å². The van der Waals surface area contributed by atoms with E-state index in [1.165, 1.54) is 24.5 Å². The van der Waals surface area contributed by atoms with Crippen LogP contribution in [0, 0.1) is 5.82 Å². The predicted molar refractivity (Wildman–Crippen MR) is 107 cm³/mol. The van der Waals surface area contributed by atoms with Crippen molar-refractivity contribution in [2.45, 2.75) is 19.4 Å². The first-order chi connectivity index (χ1) is 13.9. The molecule has 1 atom stereocenters. The molecule has 0 spiro atoms. The topological polar surface area (TPSA) is 109 Å². The number of carboxylic acid groups (broad SMARTS) is 1. The van der Waals surface area contributed by atoms with Gasteiger partial charge >= 0.3 is 6.09 Å². The smallest absolute Gasteiger partial charge is 0.405 e. The van der Waals surface area contributed by atoms with Gasteiger partial charge in [-0.25, -0.2) is 24.1 Å². The van der Waals surface area contributed by atoms with E-state index in [4.69, 9.17) is 21.4 Å². The van der Waals surface area contributed by atoms with Crippen LogP contribution in [0.5, 0.6) is 5.75 Å². The summed E-state index contributed by atoms with van der Waals surface area (Å²) in [5, 5.41) is 14.7. The van der Waals surface area contributed by atoms with Gasteiger partial charge in [0.1, 0.15) is 28.6 Å². The van der Waals surface area contributed by atoms with Crippen LogP contribution in [0.2, 0.25) is 5.15 Å². The van der Waals surface area contributed by atoms with Gasteiger partial charge in [-0.05, 0) is 43.7 Å². The van der Waals surface area contributed by atoms with E-state index in [9.17, 15) is 9.18 Å². The molecule has 0 aliphatic carbocycles. The Hall–Kier alpha value is -3.20. The molecule has 2 aromatic heterocycles. The van der Waals surface area contributed by atoms with E-state index in [-0.39, 0.29) is 0 Å². The average molecular weight is 420 g/mol. The Balaban J connectivity index is 1.58. The van der Waals surface area contributed by atoms with Crippen LogP contribution in [-0.4, -0.2) is 39.3 Å². The highest BCUT2D eigenvalue weighted by molar-refractivity contribution is 6.29. The molecule has 1 amide bonds. The SMILES string of the molecule is C[C@@H](NC(=O)O)c1cc(F)ccc1OCCCNc1ncnc2ccc(Cl)nc12. The molecule has 0 unspecified atom stereocenters. The van der Waals surface area contributed by atoms with Crippen molar-refractivity contribution in [1.29, 1.82) is 0 Å². The highest BCUT2D eigenvalue weighted by atomic mass is 35.5. The number of amides is 1. The van der Waals surface area contributed by atoms with Crippen LogP contribution in [0.3, 0.4) is 0 Å². The molecule has 2 heterocycles. The number of nitrogens with zero attached hydrogens (tertiary/aromatic N) is 3. The van der Waals surface area contributed by atoms with Gasteiger partial charge in [0.15, 0.2) is 5.82 Å². The number of hydrogen-bond donors (Lipinski definition) is 3. The molecule has 8 nitrogen and oxygen atoms in total. The fraction of sp³-hybridized carbons (Fsp3) is 0.263. The standard InChI is InChI=1S/C19H19ClFN5O3/c1-11(25-19(27)28)13-9-12(21)3-5-15(13)29-8-2-7-22-18-17-14(23-10-24-18)4-6-16(20)26-17/h3-6,9-11,25H,2,7-8H2,1H3,(H,27,28)(H,22,23,24)/t11-/m1/s1. The number of aromatic nitrogens is 3. The Labute approximate surface area is 171 Å². The minimum Gasteiger partial charge on any atom is -0.493 e. The van der Waals surface area contributed by atoms with Crippen molar-refractivity contribution in [1.82, 2.24) is 20.3 Å². The van der Waals surface area contributed by atoms with E-state index in [2.05, 4.69) is 25.6 Å². The largest absolute Gasteiger partial charge is 0.493 e. The Morgan fingerprint density at radius 2 is 2.14 bits per heavy atom. The molecule has 1 aromatic carbocycles. The number of rotatable bonds is 8. The molecular weight excluding hydrogens is 401 g/mol. The molecule has 0 bridgehead atoms. The first-order valence-corrected chi connectivity index (χ1v) is 9.24. The molecule has 3 N–H and O–H groups in total. The number of benzene rings is 1. The van der Waals surface area contributed by atoms with Crippen molar-refractivity contribution < 1.29 is 19.0 Å². The number of fused-ring (bicyclic) bond motifs is 1. The number of nitrogens with one attached hydrogen (secondary N) is 2. The Bertz CT molecular complexity index is 1020. The summed E-state index contributed by atoms with van der Waals surface area (Å²) in [6, 6.07) is 6.84. The second-order valence-corrected chi connectivity index (χ2v) is 6.59. The monoisotopic (exact) mass is 419 g/mol. The van der Waals surface area contributed by atoms with Gasteiger partial charge in [0.25, 0.3) is 0 Å². The van der Waals surface area contributed by atoms with E-state index in [0.29, 0.717) is 52.9 Å². The number of anilines is 1. The maximum atomic E-state index is 13.6. The van der Waals surface area contributed by atoms with Crippen LogP contribution in [0.4, 0.5) is 15.0 Å². The highest BCUT2D eigenvalue weighted by Crippen LogP contribution is 2.26. The molecule has 10 heteroatoms. The summed E-state index contributed by atoms with van der Waals surface area (Å²) in [7, 11) is 0. The maximum Gasteiger partial charge on any atom is 0.405 e. The maximum absolute atomic E-state index is 13.6.